The predicted molar refractivity (Wildman–Crippen MR) is 114 cm³/mol. The molecule has 0 atom stereocenters. The lowest BCUT2D eigenvalue weighted by atomic mass is 10.1. The fourth-order valence-corrected chi connectivity index (χ4v) is 3.28. The maximum Gasteiger partial charge on any atom is 0.218 e. The van der Waals surface area contributed by atoms with Crippen molar-refractivity contribution in [1.29, 1.82) is 5.26 Å². The van der Waals surface area contributed by atoms with E-state index in [1.165, 1.54) is 12.8 Å². The average Bonchev–Trinajstić information content (AvgIpc) is 3.48. The fourth-order valence-electron chi connectivity index (χ4n) is 3.28. The van der Waals surface area contributed by atoms with E-state index in [0.29, 0.717) is 35.5 Å². The van der Waals surface area contributed by atoms with Crippen LogP contribution in [0.1, 0.15) is 56.4 Å². The smallest absolute Gasteiger partial charge is 0.218 e. The van der Waals surface area contributed by atoms with Crippen molar-refractivity contribution in [3.05, 3.63) is 53.5 Å². The molecule has 0 bridgehead atoms. The van der Waals surface area contributed by atoms with Gasteiger partial charge in [-0.2, -0.15) is 10.4 Å². The minimum atomic E-state index is -0.240. The molecular formula is C23H26N6O. The van der Waals surface area contributed by atoms with Gasteiger partial charge in [-0.1, -0.05) is 0 Å². The van der Waals surface area contributed by atoms with Crippen molar-refractivity contribution < 1.29 is 4.74 Å². The number of nitrogens with zero attached hydrogens (tertiary/aromatic N) is 5. The van der Waals surface area contributed by atoms with Gasteiger partial charge in [0.25, 0.3) is 0 Å². The minimum absolute atomic E-state index is 0.240. The van der Waals surface area contributed by atoms with Gasteiger partial charge in [0.15, 0.2) is 5.82 Å². The van der Waals surface area contributed by atoms with Crippen LogP contribution in [0.5, 0.6) is 11.6 Å². The molecule has 1 fully saturated rings. The zero-order valence-electron chi connectivity index (χ0n) is 17.6. The lowest BCUT2D eigenvalue weighted by Crippen LogP contribution is -2.23. The summed E-state index contributed by atoms with van der Waals surface area (Å²) in [6, 6.07) is 9.49. The summed E-state index contributed by atoms with van der Waals surface area (Å²) in [7, 11) is 0. The van der Waals surface area contributed by atoms with E-state index >= 15 is 0 Å². The van der Waals surface area contributed by atoms with Crippen LogP contribution in [0, 0.1) is 11.3 Å². The molecule has 1 aromatic carbocycles. The highest BCUT2D eigenvalue weighted by Gasteiger charge is 2.30. The number of ether oxygens (including phenoxy) is 1. The molecule has 0 amide bonds. The Morgan fingerprint density at radius 2 is 1.93 bits per heavy atom. The first-order valence-electron chi connectivity index (χ1n) is 10.2. The Labute approximate surface area is 176 Å². The SMILES string of the molecule is CC(C)(C)n1nc(C2CC2)cc1Oc1cc(C#N)ccc1-c1ncc(CCN)cn1. The molecule has 0 saturated heterocycles. The van der Waals surface area contributed by atoms with E-state index in [1.54, 1.807) is 24.5 Å². The van der Waals surface area contributed by atoms with Crippen molar-refractivity contribution in [2.75, 3.05) is 6.54 Å². The third-order valence-corrected chi connectivity index (χ3v) is 5.03. The highest BCUT2D eigenvalue weighted by molar-refractivity contribution is 5.66. The molecule has 2 heterocycles. The monoisotopic (exact) mass is 402 g/mol. The van der Waals surface area contributed by atoms with Crippen molar-refractivity contribution in [2.45, 2.75) is 51.5 Å². The molecule has 0 radical (unpaired) electrons. The van der Waals surface area contributed by atoms with Crippen LogP contribution in [0.25, 0.3) is 11.4 Å². The summed E-state index contributed by atoms with van der Waals surface area (Å²) >= 11 is 0. The Balaban J connectivity index is 1.75. The summed E-state index contributed by atoms with van der Waals surface area (Å²) < 4.78 is 8.26. The van der Waals surface area contributed by atoms with E-state index in [0.717, 1.165) is 23.2 Å². The van der Waals surface area contributed by atoms with Gasteiger partial charge in [0.1, 0.15) is 5.75 Å². The van der Waals surface area contributed by atoms with Crippen LogP contribution < -0.4 is 10.5 Å². The second kappa shape index (κ2) is 7.88. The zero-order valence-corrected chi connectivity index (χ0v) is 17.6. The second-order valence-corrected chi connectivity index (χ2v) is 8.64. The first kappa shape index (κ1) is 20.0. The summed E-state index contributed by atoms with van der Waals surface area (Å²) in [5.74, 6) is 2.24. The van der Waals surface area contributed by atoms with Gasteiger partial charge in [-0.3, -0.25) is 0 Å². The molecule has 2 aromatic heterocycles. The molecule has 1 aliphatic carbocycles. The van der Waals surface area contributed by atoms with Gasteiger partial charge in [0.2, 0.25) is 5.88 Å². The molecule has 0 aliphatic heterocycles. The maximum absolute atomic E-state index is 9.39. The van der Waals surface area contributed by atoms with E-state index in [2.05, 4.69) is 36.8 Å². The van der Waals surface area contributed by atoms with Gasteiger partial charge in [-0.15, -0.1) is 0 Å². The summed E-state index contributed by atoms with van der Waals surface area (Å²) in [5, 5.41) is 14.2. The second-order valence-electron chi connectivity index (χ2n) is 8.64. The van der Waals surface area contributed by atoms with E-state index in [-0.39, 0.29) is 5.54 Å². The van der Waals surface area contributed by atoms with Crippen molar-refractivity contribution in [1.82, 2.24) is 19.7 Å². The summed E-state index contributed by atoms with van der Waals surface area (Å²) in [6.45, 7) is 6.83. The Morgan fingerprint density at radius 3 is 2.53 bits per heavy atom. The molecule has 1 aliphatic rings. The summed E-state index contributed by atoms with van der Waals surface area (Å²) in [4.78, 5) is 8.98. The number of nitrogens with two attached hydrogens (primary N) is 1. The van der Waals surface area contributed by atoms with E-state index < -0.39 is 0 Å². The van der Waals surface area contributed by atoms with E-state index in [9.17, 15) is 5.26 Å². The minimum Gasteiger partial charge on any atom is -0.438 e. The van der Waals surface area contributed by atoms with Gasteiger partial charge in [-0.25, -0.2) is 14.6 Å². The molecule has 2 N–H and O–H groups in total. The van der Waals surface area contributed by atoms with Gasteiger partial charge in [-0.05, 0) is 70.3 Å². The van der Waals surface area contributed by atoms with E-state index in [1.807, 2.05) is 16.8 Å². The Bertz CT molecular complexity index is 1080. The molecular weight excluding hydrogens is 376 g/mol. The number of hydrogen-bond donors (Lipinski definition) is 1. The standard InChI is InChI=1S/C23H26N6O/c1-23(2,3)29-21(11-19(28-29)17-5-6-17)30-20-10-15(12-25)4-7-18(20)22-26-13-16(8-9-24)14-27-22/h4,7,10-11,13-14,17H,5-6,8-9,24H2,1-3H3. The van der Waals surface area contributed by atoms with Crippen LogP contribution >= 0.6 is 0 Å². The molecule has 1 saturated carbocycles. The molecule has 7 heteroatoms. The summed E-state index contributed by atoms with van der Waals surface area (Å²) in [5.41, 5.74) is 8.65. The van der Waals surface area contributed by atoms with Crippen molar-refractivity contribution in [2.24, 2.45) is 5.73 Å². The first-order chi connectivity index (χ1) is 14.4. The highest BCUT2D eigenvalue weighted by atomic mass is 16.5. The predicted octanol–water partition coefficient (Wildman–Crippen LogP) is 4.14. The average molecular weight is 403 g/mol. The van der Waals surface area contributed by atoms with Crippen molar-refractivity contribution in [3.63, 3.8) is 0 Å². The van der Waals surface area contributed by atoms with Crippen molar-refractivity contribution in [3.8, 4) is 29.1 Å². The molecule has 3 aromatic rings. The first-order valence-corrected chi connectivity index (χ1v) is 10.2. The lowest BCUT2D eigenvalue weighted by Gasteiger charge is -2.22. The molecule has 7 nitrogen and oxygen atoms in total. The Morgan fingerprint density at radius 1 is 1.20 bits per heavy atom. The topological polar surface area (TPSA) is 103 Å². The van der Waals surface area contributed by atoms with Gasteiger partial charge in [0.05, 0.1) is 28.4 Å². The summed E-state index contributed by atoms with van der Waals surface area (Å²) in [6.07, 6.45) is 6.62. The number of benzene rings is 1. The van der Waals surface area contributed by atoms with Gasteiger partial charge in [0, 0.05) is 24.4 Å². The molecule has 4 rings (SSSR count). The van der Waals surface area contributed by atoms with Crippen LogP contribution in [-0.4, -0.2) is 26.3 Å². The van der Waals surface area contributed by atoms with Crippen LogP contribution in [0.4, 0.5) is 0 Å². The fraction of sp³-hybridized carbons (Fsp3) is 0.391. The third-order valence-electron chi connectivity index (χ3n) is 5.03. The highest BCUT2D eigenvalue weighted by Crippen LogP contribution is 2.42. The largest absolute Gasteiger partial charge is 0.438 e. The molecule has 0 spiro atoms. The Kier molecular flexibility index (Phi) is 5.27. The zero-order chi connectivity index (χ0) is 21.3. The van der Waals surface area contributed by atoms with Crippen LogP contribution in [0.2, 0.25) is 0 Å². The lowest BCUT2D eigenvalue weighted by molar-refractivity contribution is 0.301. The Hall–Kier alpha value is -3.24. The third kappa shape index (κ3) is 4.19. The van der Waals surface area contributed by atoms with Gasteiger partial charge < -0.3 is 10.5 Å². The molecule has 0 unspecified atom stereocenters. The van der Waals surface area contributed by atoms with Crippen molar-refractivity contribution >= 4 is 0 Å². The number of hydrogen-bond acceptors (Lipinski definition) is 6. The van der Waals surface area contributed by atoms with Crippen LogP contribution in [-0.2, 0) is 12.0 Å². The molecule has 154 valence electrons. The van der Waals surface area contributed by atoms with Gasteiger partial charge >= 0.3 is 0 Å². The van der Waals surface area contributed by atoms with E-state index in [4.69, 9.17) is 15.6 Å². The maximum atomic E-state index is 9.39. The van der Waals surface area contributed by atoms with Crippen LogP contribution in [0.15, 0.2) is 36.7 Å². The number of aromatic nitrogens is 4. The quantitative estimate of drug-likeness (QED) is 0.665. The normalized spacial score (nSPS) is 13.8. The molecule has 30 heavy (non-hydrogen) atoms. The number of nitriles is 1. The number of rotatable bonds is 6. The van der Waals surface area contributed by atoms with Crippen LogP contribution in [0.3, 0.4) is 0 Å².